The van der Waals surface area contributed by atoms with Gasteiger partial charge in [0.25, 0.3) is 0 Å². The van der Waals surface area contributed by atoms with Crippen molar-refractivity contribution in [1.29, 1.82) is 0 Å². The van der Waals surface area contributed by atoms with Crippen LogP contribution in [0.15, 0.2) is 24.8 Å². The van der Waals surface area contributed by atoms with Crippen molar-refractivity contribution in [2.75, 3.05) is 20.2 Å². The van der Waals surface area contributed by atoms with E-state index in [1.807, 2.05) is 12.1 Å². The third-order valence-corrected chi connectivity index (χ3v) is 7.31. The van der Waals surface area contributed by atoms with Crippen LogP contribution in [-0.4, -0.2) is 54.5 Å². The minimum atomic E-state index is -0.974. The zero-order chi connectivity index (χ0) is 18.8. The van der Waals surface area contributed by atoms with E-state index >= 15 is 0 Å². The van der Waals surface area contributed by atoms with Crippen molar-refractivity contribution in [3.63, 3.8) is 0 Å². The standard InChI is InChI=1S/C21H26N2O4/c1-3-9-23-10-8-21-13-5-6-14(22-20(24)25)19(21)27-18-16(26-2)7-4-12(17(18)21)11-15(13)23/h3-4,7,13-15,19,22H,1,5-6,8-11H2,2H3,(H,24,25)/t13-,14?,15+,19-,21-/m1/s1. The number of hydrogen-bond acceptors (Lipinski definition) is 4. The Morgan fingerprint density at radius 3 is 3.11 bits per heavy atom. The molecule has 0 aromatic heterocycles. The van der Waals surface area contributed by atoms with E-state index in [2.05, 4.69) is 22.9 Å². The van der Waals surface area contributed by atoms with E-state index in [4.69, 9.17) is 9.47 Å². The first-order valence-electron chi connectivity index (χ1n) is 9.81. The topological polar surface area (TPSA) is 71.0 Å². The number of likely N-dealkylation sites (tertiary alicyclic amines) is 1. The van der Waals surface area contributed by atoms with Gasteiger partial charge in [-0.2, -0.15) is 0 Å². The first-order valence-corrected chi connectivity index (χ1v) is 9.81. The summed E-state index contributed by atoms with van der Waals surface area (Å²) in [4.78, 5) is 14.0. The largest absolute Gasteiger partial charge is 0.493 e. The Labute approximate surface area is 159 Å². The van der Waals surface area contributed by atoms with E-state index in [0.717, 1.165) is 50.3 Å². The summed E-state index contributed by atoms with van der Waals surface area (Å²) in [5.74, 6) is 2.08. The van der Waals surface area contributed by atoms with Crippen LogP contribution in [0.25, 0.3) is 0 Å². The molecule has 1 saturated carbocycles. The Morgan fingerprint density at radius 1 is 1.52 bits per heavy atom. The van der Waals surface area contributed by atoms with E-state index in [9.17, 15) is 9.90 Å². The molecule has 1 aromatic carbocycles. The Hall–Kier alpha value is -2.21. The molecular weight excluding hydrogens is 344 g/mol. The smallest absolute Gasteiger partial charge is 0.405 e. The SMILES string of the molecule is C=CCN1CC[C@@]23c4c5ccc(OC)c4O[C@@H]2C(NC(=O)O)CC[C@@H]3[C@@H]1C5. The second-order valence-corrected chi connectivity index (χ2v) is 8.25. The fraction of sp³-hybridized carbons (Fsp3) is 0.571. The Kier molecular flexibility index (Phi) is 3.69. The van der Waals surface area contributed by atoms with Crippen molar-refractivity contribution in [3.05, 3.63) is 35.9 Å². The number of nitrogens with zero attached hydrogens (tertiary/aromatic N) is 1. The van der Waals surface area contributed by atoms with Crippen LogP contribution >= 0.6 is 0 Å². The van der Waals surface area contributed by atoms with Gasteiger partial charge < -0.3 is 19.9 Å². The summed E-state index contributed by atoms with van der Waals surface area (Å²) >= 11 is 0. The second-order valence-electron chi connectivity index (χ2n) is 8.25. The highest BCUT2D eigenvalue weighted by molar-refractivity contribution is 5.66. The number of carboxylic acid groups (broad SMARTS) is 1. The molecule has 6 nitrogen and oxygen atoms in total. The van der Waals surface area contributed by atoms with Gasteiger partial charge in [-0.25, -0.2) is 4.79 Å². The molecule has 2 bridgehead atoms. The number of hydrogen-bond donors (Lipinski definition) is 2. The first kappa shape index (κ1) is 16.9. The van der Waals surface area contributed by atoms with E-state index in [-0.39, 0.29) is 17.6 Å². The van der Waals surface area contributed by atoms with Gasteiger partial charge in [-0.1, -0.05) is 12.1 Å². The van der Waals surface area contributed by atoms with Crippen LogP contribution in [0.1, 0.15) is 30.4 Å². The monoisotopic (exact) mass is 370 g/mol. The van der Waals surface area contributed by atoms with Crippen molar-refractivity contribution in [2.24, 2.45) is 5.92 Å². The lowest BCUT2D eigenvalue weighted by atomic mass is 9.51. The predicted octanol–water partition coefficient (Wildman–Crippen LogP) is 2.56. The zero-order valence-electron chi connectivity index (χ0n) is 15.6. The van der Waals surface area contributed by atoms with Crippen LogP contribution in [0.5, 0.6) is 11.5 Å². The molecule has 144 valence electrons. The van der Waals surface area contributed by atoms with E-state index < -0.39 is 6.09 Å². The van der Waals surface area contributed by atoms with Crippen molar-refractivity contribution >= 4 is 6.09 Å². The van der Waals surface area contributed by atoms with Crippen LogP contribution in [0.4, 0.5) is 4.79 Å². The van der Waals surface area contributed by atoms with Gasteiger partial charge in [0.05, 0.1) is 13.2 Å². The molecule has 6 heteroatoms. The number of methoxy groups -OCH3 is 1. The fourth-order valence-electron chi connectivity index (χ4n) is 6.48. The van der Waals surface area contributed by atoms with Gasteiger partial charge in [-0.05, 0) is 49.8 Å². The minimum absolute atomic E-state index is 0.120. The van der Waals surface area contributed by atoms with Gasteiger partial charge in [0, 0.05) is 23.6 Å². The third kappa shape index (κ3) is 2.13. The first-order chi connectivity index (χ1) is 13.1. The molecule has 4 aliphatic rings. The number of benzene rings is 1. The molecule has 2 fully saturated rings. The van der Waals surface area contributed by atoms with Gasteiger partial charge in [0.15, 0.2) is 11.5 Å². The lowest BCUT2D eigenvalue weighted by molar-refractivity contribution is -0.0604. The van der Waals surface area contributed by atoms with Crippen molar-refractivity contribution in [3.8, 4) is 11.5 Å². The zero-order valence-corrected chi connectivity index (χ0v) is 15.6. The van der Waals surface area contributed by atoms with Crippen molar-refractivity contribution < 1.29 is 19.4 Å². The number of carbonyl (C=O) groups is 1. The molecule has 1 aromatic rings. The quantitative estimate of drug-likeness (QED) is 0.797. The van der Waals surface area contributed by atoms with Gasteiger partial charge in [0.2, 0.25) is 0 Å². The normalized spacial score (nSPS) is 35.7. The Balaban J connectivity index is 1.67. The second kappa shape index (κ2) is 5.89. The molecular formula is C21H26N2O4. The molecule has 1 spiro atoms. The molecule has 1 saturated heterocycles. The molecule has 0 radical (unpaired) electrons. The Bertz CT molecular complexity index is 810. The van der Waals surface area contributed by atoms with E-state index in [1.165, 1.54) is 11.1 Å². The molecule has 1 amide bonds. The highest BCUT2D eigenvalue weighted by Gasteiger charge is 2.65. The van der Waals surface area contributed by atoms with Crippen molar-refractivity contribution in [1.82, 2.24) is 10.2 Å². The average Bonchev–Trinajstić information content (AvgIpc) is 2.99. The van der Waals surface area contributed by atoms with Crippen LogP contribution in [0, 0.1) is 5.92 Å². The average molecular weight is 370 g/mol. The number of piperidine rings is 1. The molecule has 2 heterocycles. The molecule has 2 N–H and O–H groups in total. The third-order valence-electron chi connectivity index (χ3n) is 7.31. The van der Waals surface area contributed by atoms with E-state index in [1.54, 1.807) is 7.11 Å². The summed E-state index contributed by atoms with van der Waals surface area (Å²) in [5, 5.41) is 12.1. The van der Waals surface area contributed by atoms with Crippen LogP contribution in [0.3, 0.4) is 0 Å². The number of amides is 1. The number of rotatable bonds is 4. The highest BCUT2D eigenvalue weighted by atomic mass is 16.5. The molecule has 2 aliphatic heterocycles. The van der Waals surface area contributed by atoms with Crippen LogP contribution in [0.2, 0.25) is 0 Å². The van der Waals surface area contributed by atoms with Gasteiger partial charge in [-0.15, -0.1) is 6.58 Å². The lowest BCUT2D eigenvalue weighted by Crippen LogP contribution is -2.68. The molecule has 5 atom stereocenters. The molecule has 2 aliphatic carbocycles. The van der Waals surface area contributed by atoms with Gasteiger partial charge >= 0.3 is 6.09 Å². The summed E-state index contributed by atoms with van der Waals surface area (Å²) in [6.07, 6.45) is 4.68. The summed E-state index contributed by atoms with van der Waals surface area (Å²) in [5.41, 5.74) is 2.51. The maximum atomic E-state index is 11.4. The summed E-state index contributed by atoms with van der Waals surface area (Å²) in [6, 6.07) is 4.45. The van der Waals surface area contributed by atoms with Gasteiger partial charge in [-0.3, -0.25) is 4.90 Å². The summed E-state index contributed by atoms with van der Waals surface area (Å²) < 4.78 is 12.1. The van der Waals surface area contributed by atoms with Gasteiger partial charge in [0.1, 0.15) is 6.10 Å². The number of nitrogens with one attached hydrogen (secondary N) is 1. The van der Waals surface area contributed by atoms with Crippen molar-refractivity contribution in [2.45, 2.75) is 49.3 Å². The molecule has 5 rings (SSSR count). The molecule has 1 unspecified atom stereocenters. The molecule has 27 heavy (non-hydrogen) atoms. The summed E-state index contributed by atoms with van der Waals surface area (Å²) in [6.45, 7) is 5.83. The minimum Gasteiger partial charge on any atom is -0.493 e. The Morgan fingerprint density at radius 2 is 2.37 bits per heavy atom. The highest BCUT2D eigenvalue weighted by Crippen LogP contribution is 2.63. The van der Waals surface area contributed by atoms with E-state index in [0.29, 0.717) is 12.0 Å². The predicted molar refractivity (Wildman–Crippen MR) is 101 cm³/mol. The summed E-state index contributed by atoms with van der Waals surface area (Å²) in [7, 11) is 1.67. The fourth-order valence-corrected chi connectivity index (χ4v) is 6.48. The maximum absolute atomic E-state index is 11.4. The lowest BCUT2D eigenvalue weighted by Gasteiger charge is -2.59. The maximum Gasteiger partial charge on any atom is 0.405 e. The van der Waals surface area contributed by atoms with Crippen LogP contribution < -0.4 is 14.8 Å². The van der Waals surface area contributed by atoms with Crippen LogP contribution in [-0.2, 0) is 11.8 Å². The number of ether oxygens (including phenoxy) is 2.